The van der Waals surface area contributed by atoms with Crippen molar-refractivity contribution in [2.24, 2.45) is 0 Å². The zero-order chi connectivity index (χ0) is 98.8. The van der Waals surface area contributed by atoms with Crippen LogP contribution in [0.15, 0.2) is 485 Å². The molecule has 0 aromatic heterocycles. The molecule has 24 rings (SSSR count). The summed E-state index contributed by atoms with van der Waals surface area (Å²) in [4.78, 5) is 20.0. The minimum absolute atomic E-state index is 0.329. The van der Waals surface area contributed by atoms with Crippen molar-refractivity contribution in [3.05, 3.63) is 548 Å². The van der Waals surface area contributed by atoms with Gasteiger partial charge in [0.2, 0.25) is 0 Å². The Hall–Kier alpha value is -20.6. The van der Waals surface area contributed by atoms with Crippen LogP contribution in [0.2, 0.25) is 0 Å². The van der Waals surface area contributed by atoms with Crippen molar-refractivity contribution in [1.82, 2.24) is 0 Å². The lowest BCUT2D eigenvalue weighted by molar-refractivity contribution is 0.627. The molecule has 0 aliphatic rings. The molecule has 0 saturated carbocycles. The van der Waals surface area contributed by atoms with Gasteiger partial charge >= 0.3 is 0 Å². The molecule has 0 heterocycles. The lowest BCUT2D eigenvalue weighted by atomic mass is 9.91. The largest absolute Gasteiger partial charge is 0.310 e. The molecule has 0 N–H and O–H groups in total. The quantitative estimate of drug-likeness (QED) is 0.0554. The third-order valence-electron chi connectivity index (χ3n) is 27.3. The highest BCUT2D eigenvalue weighted by Gasteiger charge is 2.29. The van der Waals surface area contributed by atoms with Crippen LogP contribution in [0.5, 0.6) is 0 Å². The average Bonchev–Trinajstić information content (AvgIpc) is 0.719. The fraction of sp³-hybridized carbons (Fsp3) is 0. The van der Waals surface area contributed by atoms with E-state index in [9.17, 15) is 24.6 Å². The molecular formula is C134H80F2N10. The summed E-state index contributed by atoms with van der Waals surface area (Å²) in [7, 11) is 0. The first-order chi connectivity index (χ1) is 71.8. The van der Waals surface area contributed by atoms with Crippen molar-refractivity contribution in [3.63, 3.8) is 0 Å². The van der Waals surface area contributed by atoms with Crippen LogP contribution in [-0.4, -0.2) is 0 Å². The zero-order valence-electron chi connectivity index (χ0n) is 78.4. The molecule has 0 fully saturated rings. The summed E-state index contributed by atoms with van der Waals surface area (Å²) < 4.78 is 29.7. The fourth-order valence-corrected chi connectivity index (χ4v) is 20.3. The van der Waals surface area contributed by atoms with Gasteiger partial charge in [-0.3, -0.25) is 0 Å². The molecule has 0 radical (unpaired) electrons. The maximum atomic E-state index is 14.9. The van der Waals surface area contributed by atoms with Crippen molar-refractivity contribution in [2.45, 2.75) is 0 Å². The van der Waals surface area contributed by atoms with Crippen LogP contribution in [0, 0.1) is 65.3 Å². The highest BCUT2D eigenvalue weighted by Crippen LogP contribution is 2.54. The molecule has 24 aromatic carbocycles. The lowest BCUT2D eigenvalue weighted by Gasteiger charge is -2.30. The molecule has 10 nitrogen and oxygen atoms in total. The Morgan fingerprint density at radius 1 is 0.178 bits per heavy atom. The van der Waals surface area contributed by atoms with E-state index in [1.165, 1.54) is 24.3 Å². The number of hydrogen-bond donors (Lipinski definition) is 0. The normalized spacial score (nSPS) is 11.0. The van der Waals surface area contributed by atoms with Gasteiger partial charge in [0.1, 0.15) is 11.6 Å². The van der Waals surface area contributed by atoms with Crippen LogP contribution >= 0.6 is 0 Å². The molecule has 0 aliphatic heterocycles. The van der Waals surface area contributed by atoms with Crippen LogP contribution in [-0.2, 0) is 0 Å². The van der Waals surface area contributed by atoms with E-state index in [0.717, 1.165) is 222 Å². The molecule has 0 unspecified atom stereocenters. The average molecular weight is 1870 g/mol. The van der Waals surface area contributed by atoms with Gasteiger partial charge in [-0.1, -0.05) is 279 Å². The number of anilines is 12. The number of halogens is 2. The van der Waals surface area contributed by atoms with Crippen molar-refractivity contribution < 1.29 is 8.78 Å². The van der Waals surface area contributed by atoms with Gasteiger partial charge < -0.3 is 19.6 Å². The molecule has 0 aliphatic carbocycles. The fourth-order valence-electron chi connectivity index (χ4n) is 20.3. The van der Waals surface area contributed by atoms with E-state index in [0.29, 0.717) is 33.8 Å². The van der Waals surface area contributed by atoms with Crippen LogP contribution < -0.4 is 19.6 Å². The number of hydrogen-bond acceptors (Lipinski definition) is 7. The van der Waals surface area contributed by atoms with Gasteiger partial charge in [0.05, 0.1) is 77.4 Å². The number of nitriles is 3. The van der Waals surface area contributed by atoms with E-state index < -0.39 is 0 Å². The van der Waals surface area contributed by atoms with Crippen LogP contribution in [0.1, 0.15) is 16.7 Å². The predicted molar refractivity (Wildman–Crippen MR) is 595 cm³/mol. The van der Waals surface area contributed by atoms with Crippen LogP contribution in [0.4, 0.5) is 94.1 Å². The monoisotopic (exact) mass is 1870 g/mol. The van der Waals surface area contributed by atoms with Gasteiger partial charge in [-0.05, 0) is 338 Å². The molecule has 0 atom stereocenters. The second-order valence-corrected chi connectivity index (χ2v) is 36.0. The molecule has 24 aromatic rings. The first-order valence-electron chi connectivity index (χ1n) is 47.8. The van der Waals surface area contributed by atoms with Crippen LogP contribution in [0.3, 0.4) is 0 Å². The van der Waals surface area contributed by atoms with E-state index in [1.54, 1.807) is 0 Å². The van der Waals surface area contributed by atoms with Crippen LogP contribution in [0.25, 0.3) is 168 Å². The Balaban J connectivity index is 0.000000161. The van der Waals surface area contributed by atoms with Crippen molar-refractivity contribution in [3.8, 4) is 107 Å². The third kappa shape index (κ3) is 17.2. The molecule has 0 saturated heterocycles. The maximum absolute atomic E-state index is 14.9. The van der Waals surface area contributed by atoms with E-state index in [-0.39, 0.29) is 11.6 Å². The highest BCUT2D eigenvalue weighted by atomic mass is 19.1. The summed E-state index contributed by atoms with van der Waals surface area (Å²) in [5.74, 6) is -0.660. The van der Waals surface area contributed by atoms with E-state index in [2.05, 4.69) is 295 Å². The Bertz CT molecular complexity index is 8850. The standard InChI is InChI=1S/C68H40N6.C66H40F2N4/c1-71-57-25-19-50(20-26-57)56-38-54(48-11-7-4-8-12-48)39-61(42-56)73(59-29-15-46(44-70)16-30-59)65-35-23-51-22-34-64-66(36-24-52-21-33-63(65)67(51)68(52)64)74(60-31-27-58(72-2)28-32-60)62-40-53(47-9-5-3-6-10-47)37-55(41-62)49-17-13-45(43-69)14-18-49;1-70-56-26-16-47(17-27-56)53-37-51(45-10-6-3-7-11-45)39-60(41-53)72(58-30-24-55(68)25-31-58)64-35-21-49-18-32-61-63(34-20-48-19-33-62(64)66(49)65(48)61)71(57-28-22-54(67)23-29-57)59-38-50(44-8-4-2-5-9-44)36-52(40-59)46-14-12-43(42-69)13-15-46/h3-42H;2-41H. The predicted octanol–water partition coefficient (Wildman–Crippen LogP) is 37.9. The van der Waals surface area contributed by atoms with Crippen molar-refractivity contribution >= 4 is 150 Å². The number of rotatable bonds is 20. The van der Waals surface area contributed by atoms with E-state index in [4.69, 9.17) is 19.7 Å². The Morgan fingerprint density at radius 3 is 0.582 bits per heavy atom. The van der Waals surface area contributed by atoms with Gasteiger partial charge in [0.15, 0.2) is 17.1 Å². The van der Waals surface area contributed by atoms with E-state index >= 15 is 0 Å². The summed E-state index contributed by atoms with van der Waals surface area (Å²) in [6, 6.07) is 169. The van der Waals surface area contributed by atoms with Gasteiger partial charge in [-0.2, -0.15) is 15.8 Å². The third-order valence-corrected chi connectivity index (χ3v) is 27.3. The molecule has 146 heavy (non-hydrogen) atoms. The number of nitrogens with zero attached hydrogens (tertiary/aromatic N) is 10. The topological polar surface area (TPSA) is 97.4 Å². The van der Waals surface area contributed by atoms with Crippen molar-refractivity contribution in [2.75, 3.05) is 19.6 Å². The van der Waals surface area contributed by atoms with Gasteiger partial charge in [0.25, 0.3) is 0 Å². The molecule has 12 heteroatoms. The Morgan fingerprint density at radius 2 is 0.363 bits per heavy atom. The first-order valence-corrected chi connectivity index (χ1v) is 47.8. The maximum Gasteiger partial charge on any atom is 0.187 e. The summed E-state index contributed by atoms with van der Waals surface area (Å²) in [5, 5.41) is 42.0. The minimum atomic E-state index is -0.331. The Labute approximate surface area is 843 Å². The van der Waals surface area contributed by atoms with Gasteiger partial charge in [-0.25, -0.2) is 23.3 Å². The second kappa shape index (κ2) is 38.6. The molecule has 680 valence electrons. The smallest absolute Gasteiger partial charge is 0.187 e. The first kappa shape index (κ1) is 89.3. The Kier molecular flexibility index (Phi) is 23.6. The summed E-state index contributed by atoms with van der Waals surface area (Å²) in [6.45, 7) is 23.0. The van der Waals surface area contributed by atoms with Gasteiger partial charge in [0, 0.05) is 67.0 Å². The second-order valence-electron chi connectivity index (χ2n) is 36.0. The minimum Gasteiger partial charge on any atom is -0.310 e. The summed E-state index contributed by atoms with van der Waals surface area (Å²) in [6.07, 6.45) is 0. The summed E-state index contributed by atoms with van der Waals surface area (Å²) >= 11 is 0. The van der Waals surface area contributed by atoms with E-state index in [1.807, 2.05) is 218 Å². The molecule has 0 spiro atoms. The SMILES string of the molecule is [C-]#[N+]c1ccc(-c2cc(-c3ccccc3)cc(N(c3ccc(C#N)cc3)c3ccc4ccc5c(N(c6ccc([N+]#[C-])cc6)c6cc(-c7ccccc7)cc(-c7ccc(C#N)cc7)c6)ccc6ccc3c4c65)c2)cc1.[C-]#[N+]c1ccc(-c2cc(-c3ccccc3)cc(N(c3ccc(F)cc3)c3ccc4ccc5c(N(c6ccc(F)cc6)c6cc(-c7ccccc7)cc(-c7ccc(C#N)cc7)c6)ccc6ccc3c4c65)c2)cc1. The van der Waals surface area contributed by atoms with Crippen molar-refractivity contribution in [1.29, 1.82) is 15.8 Å². The highest BCUT2D eigenvalue weighted by molar-refractivity contribution is 6.30. The molecule has 0 bridgehead atoms. The summed E-state index contributed by atoms with van der Waals surface area (Å²) in [5.41, 5.74) is 30.3. The number of benzene rings is 24. The molecular weight excluding hydrogens is 1790 g/mol. The molecule has 0 amide bonds. The van der Waals surface area contributed by atoms with Gasteiger partial charge in [-0.15, -0.1) is 0 Å². The zero-order valence-corrected chi connectivity index (χ0v) is 78.4. The lowest BCUT2D eigenvalue weighted by Crippen LogP contribution is -2.12.